The average molecular weight is 263 g/mol. The molecule has 0 N–H and O–H groups in total. The molecule has 0 bridgehead atoms. The molecule has 0 heterocycles. The fraction of sp³-hybridized carbons (Fsp3) is 0.316. The second-order valence-electron chi connectivity index (χ2n) is 5.71. The second kappa shape index (κ2) is 5.24. The van der Waals surface area contributed by atoms with Gasteiger partial charge in [-0.05, 0) is 46.9 Å². The Balaban J connectivity index is 2.09. The third-order valence-corrected chi connectivity index (χ3v) is 4.39. The smallest absolute Gasteiger partial charge is 0.100 e. The molecule has 102 valence electrons. The van der Waals surface area contributed by atoms with Gasteiger partial charge in [-0.15, -0.1) is 0 Å². The lowest BCUT2D eigenvalue weighted by Crippen LogP contribution is -1.97. The molecule has 0 saturated heterocycles. The van der Waals surface area contributed by atoms with E-state index < -0.39 is 0 Å². The summed E-state index contributed by atoms with van der Waals surface area (Å²) in [5, 5.41) is 0. The van der Waals surface area contributed by atoms with Gasteiger partial charge < -0.3 is 0 Å². The van der Waals surface area contributed by atoms with Crippen LogP contribution in [0.15, 0.2) is 47.5 Å². The summed E-state index contributed by atoms with van der Waals surface area (Å²) < 4.78 is 0. The Morgan fingerprint density at radius 3 is 2.60 bits per heavy atom. The van der Waals surface area contributed by atoms with Crippen molar-refractivity contribution < 1.29 is 0 Å². The predicted molar refractivity (Wildman–Crippen MR) is 86.6 cm³/mol. The number of nitrogens with zero attached hydrogens (tertiary/aromatic N) is 1. The topological polar surface area (TPSA) is 12.4 Å². The molecule has 0 aliphatic heterocycles. The van der Waals surface area contributed by atoms with Gasteiger partial charge in [0, 0.05) is 0 Å². The fourth-order valence-corrected chi connectivity index (χ4v) is 3.30. The summed E-state index contributed by atoms with van der Waals surface area (Å²) >= 11 is 0. The van der Waals surface area contributed by atoms with E-state index in [4.69, 9.17) is 0 Å². The van der Waals surface area contributed by atoms with Crippen LogP contribution in [0.5, 0.6) is 0 Å². The van der Waals surface area contributed by atoms with E-state index >= 15 is 0 Å². The number of aliphatic imine (C=N–C) groups is 1. The molecule has 0 fully saturated rings. The van der Waals surface area contributed by atoms with E-state index in [0.717, 1.165) is 0 Å². The van der Waals surface area contributed by atoms with Crippen LogP contribution < -0.4 is 0 Å². The Hall–Kier alpha value is -1.89. The highest BCUT2D eigenvalue weighted by atomic mass is 14.8. The Kier molecular flexibility index (Phi) is 3.43. The molecule has 3 rings (SSSR count). The molecule has 0 saturated carbocycles. The van der Waals surface area contributed by atoms with E-state index in [1.165, 1.54) is 40.7 Å². The van der Waals surface area contributed by atoms with Gasteiger partial charge in [0.25, 0.3) is 0 Å². The van der Waals surface area contributed by atoms with E-state index in [0.29, 0.717) is 5.92 Å². The van der Waals surface area contributed by atoms with Gasteiger partial charge in [0.05, 0.1) is 0 Å². The normalized spacial score (nSPS) is 17.4. The number of fused-ring (bicyclic) bond motifs is 3. The summed E-state index contributed by atoms with van der Waals surface area (Å²) in [5.74, 6) is 0.611. The van der Waals surface area contributed by atoms with Crippen LogP contribution >= 0.6 is 0 Å². The molecule has 2 atom stereocenters. The van der Waals surface area contributed by atoms with Crippen LogP contribution in [0.1, 0.15) is 55.3 Å². The maximum atomic E-state index is 4.37. The van der Waals surface area contributed by atoms with Crippen LogP contribution in [-0.2, 0) is 0 Å². The summed E-state index contributed by atoms with van der Waals surface area (Å²) in [6.45, 7) is 8.35. The molecular weight excluding hydrogens is 242 g/mol. The van der Waals surface area contributed by atoms with Gasteiger partial charge in [0.1, 0.15) is 6.04 Å². The van der Waals surface area contributed by atoms with E-state index in [1.54, 1.807) is 0 Å². The standard InChI is InChI=1S/C19H21N/c1-4-7-13(2)14-10-11-16-15-8-5-6-9-17(15)19(20-3)18(16)12-14/h5-6,8-13,19H,3-4,7H2,1-2H3. The Bertz CT molecular complexity index is 642. The predicted octanol–water partition coefficient (Wildman–Crippen LogP) is 5.36. The van der Waals surface area contributed by atoms with Crippen molar-refractivity contribution >= 4 is 6.72 Å². The lowest BCUT2D eigenvalue weighted by molar-refractivity contribution is 0.663. The van der Waals surface area contributed by atoms with Crippen molar-refractivity contribution in [2.45, 2.75) is 38.6 Å². The summed E-state index contributed by atoms with van der Waals surface area (Å²) in [4.78, 5) is 4.37. The number of hydrogen-bond donors (Lipinski definition) is 0. The van der Waals surface area contributed by atoms with Crippen LogP contribution in [-0.4, -0.2) is 6.72 Å². The van der Waals surface area contributed by atoms with Crippen molar-refractivity contribution in [3.05, 3.63) is 59.2 Å². The first-order valence-electron chi connectivity index (χ1n) is 7.45. The Morgan fingerprint density at radius 1 is 1.10 bits per heavy atom. The maximum Gasteiger partial charge on any atom is 0.100 e. The molecule has 0 aromatic heterocycles. The minimum absolute atomic E-state index is 0.106. The zero-order valence-electron chi connectivity index (χ0n) is 12.3. The largest absolute Gasteiger partial charge is 0.288 e. The van der Waals surface area contributed by atoms with Gasteiger partial charge in [-0.1, -0.05) is 62.7 Å². The molecule has 0 spiro atoms. The molecule has 1 aliphatic rings. The van der Waals surface area contributed by atoms with Gasteiger partial charge in [0.2, 0.25) is 0 Å². The van der Waals surface area contributed by atoms with Crippen molar-refractivity contribution in [3.8, 4) is 11.1 Å². The third kappa shape index (κ3) is 1.98. The van der Waals surface area contributed by atoms with E-state index in [1.807, 2.05) is 0 Å². The molecule has 2 aromatic rings. The minimum atomic E-state index is 0.106. The maximum absolute atomic E-state index is 4.37. The first-order chi connectivity index (χ1) is 9.76. The Labute approximate surface area is 121 Å². The lowest BCUT2D eigenvalue weighted by atomic mass is 9.92. The first-order valence-corrected chi connectivity index (χ1v) is 7.45. The number of benzene rings is 2. The quantitative estimate of drug-likeness (QED) is 0.658. The van der Waals surface area contributed by atoms with E-state index in [-0.39, 0.29) is 6.04 Å². The van der Waals surface area contributed by atoms with Crippen LogP contribution in [0.25, 0.3) is 11.1 Å². The molecule has 1 heteroatoms. The number of rotatable bonds is 4. The molecule has 0 radical (unpaired) electrons. The highest BCUT2D eigenvalue weighted by molar-refractivity contribution is 5.79. The molecule has 20 heavy (non-hydrogen) atoms. The van der Waals surface area contributed by atoms with Crippen molar-refractivity contribution in [2.75, 3.05) is 0 Å². The van der Waals surface area contributed by atoms with Crippen LogP contribution in [0, 0.1) is 0 Å². The monoisotopic (exact) mass is 263 g/mol. The zero-order valence-corrected chi connectivity index (χ0v) is 12.3. The average Bonchev–Trinajstić information content (AvgIpc) is 2.80. The van der Waals surface area contributed by atoms with Crippen LogP contribution in [0.3, 0.4) is 0 Å². The third-order valence-electron chi connectivity index (χ3n) is 4.39. The van der Waals surface area contributed by atoms with Crippen molar-refractivity contribution in [3.63, 3.8) is 0 Å². The summed E-state index contributed by atoms with van der Waals surface area (Å²) in [5.41, 5.74) is 6.67. The fourth-order valence-electron chi connectivity index (χ4n) is 3.30. The zero-order chi connectivity index (χ0) is 14.1. The van der Waals surface area contributed by atoms with Crippen molar-refractivity contribution in [1.29, 1.82) is 0 Å². The summed E-state index contributed by atoms with van der Waals surface area (Å²) in [7, 11) is 0. The van der Waals surface area contributed by atoms with Crippen molar-refractivity contribution in [2.24, 2.45) is 4.99 Å². The highest BCUT2D eigenvalue weighted by Gasteiger charge is 2.27. The molecule has 0 amide bonds. The van der Waals surface area contributed by atoms with Gasteiger partial charge in [-0.2, -0.15) is 0 Å². The minimum Gasteiger partial charge on any atom is -0.288 e. The van der Waals surface area contributed by atoms with Crippen molar-refractivity contribution in [1.82, 2.24) is 0 Å². The lowest BCUT2D eigenvalue weighted by Gasteiger charge is -2.14. The summed E-state index contributed by atoms with van der Waals surface area (Å²) in [6, 6.07) is 15.5. The van der Waals surface area contributed by atoms with Crippen LogP contribution in [0.2, 0.25) is 0 Å². The van der Waals surface area contributed by atoms with Gasteiger partial charge in [-0.3, -0.25) is 4.99 Å². The van der Waals surface area contributed by atoms with Gasteiger partial charge in [0.15, 0.2) is 0 Å². The second-order valence-corrected chi connectivity index (χ2v) is 5.71. The van der Waals surface area contributed by atoms with E-state index in [9.17, 15) is 0 Å². The SMILES string of the molecule is C=NC1c2ccccc2-c2ccc(C(C)CCC)cc21. The van der Waals surface area contributed by atoms with Gasteiger partial charge >= 0.3 is 0 Å². The molecule has 1 nitrogen and oxygen atoms in total. The van der Waals surface area contributed by atoms with Gasteiger partial charge in [-0.25, -0.2) is 0 Å². The molecule has 2 aromatic carbocycles. The number of hydrogen-bond acceptors (Lipinski definition) is 1. The Morgan fingerprint density at radius 2 is 1.85 bits per heavy atom. The molecule has 1 aliphatic carbocycles. The molecular formula is C19H21N. The highest BCUT2D eigenvalue weighted by Crippen LogP contribution is 2.46. The molecule has 2 unspecified atom stereocenters. The first kappa shape index (κ1) is 13.1. The summed E-state index contributed by atoms with van der Waals surface area (Å²) in [6.07, 6.45) is 2.46. The van der Waals surface area contributed by atoms with E-state index in [2.05, 4.69) is 68.0 Å². The van der Waals surface area contributed by atoms with Crippen LogP contribution in [0.4, 0.5) is 0 Å².